The summed E-state index contributed by atoms with van der Waals surface area (Å²) in [7, 11) is 1.72. The second-order valence-corrected chi connectivity index (χ2v) is 4.47. The van der Waals surface area contributed by atoms with Gasteiger partial charge in [0.05, 0.1) is 12.8 Å². The van der Waals surface area contributed by atoms with Crippen molar-refractivity contribution >= 4 is 5.69 Å². The normalized spacial score (nSPS) is 17.3. The number of hydrogen-bond donors (Lipinski definition) is 1. The van der Waals surface area contributed by atoms with Crippen molar-refractivity contribution in [3.8, 4) is 5.75 Å². The maximum atomic E-state index is 5.34. The highest BCUT2D eigenvalue weighted by Crippen LogP contribution is 2.35. The van der Waals surface area contributed by atoms with Crippen LogP contribution in [0.1, 0.15) is 25.3 Å². The van der Waals surface area contributed by atoms with Gasteiger partial charge in [-0.05, 0) is 50.3 Å². The van der Waals surface area contributed by atoms with Crippen molar-refractivity contribution in [2.75, 3.05) is 12.4 Å². The first-order chi connectivity index (χ1) is 7.20. The van der Waals surface area contributed by atoms with Gasteiger partial charge >= 0.3 is 0 Å². The van der Waals surface area contributed by atoms with E-state index >= 15 is 0 Å². The third kappa shape index (κ3) is 2.44. The van der Waals surface area contributed by atoms with Crippen LogP contribution in [-0.2, 0) is 0 Å². The van der Waals surface area contributed by atoms with Gasteiger partial charge in [-0.1, -0.05) is 6.07 Å². The summed E-state index contributed by atoms with van der Waals surface area (Å²) in [5.41, 5.74) is 2.39. The smallest absolute Gasteiger partial charge is 0.141 e. The Morgan fingerprint density at radius 1 is 1.40 bits per heavy atom. The maximum absolute atomic E-state index is 5.34. The molecule has 1 N–H and O–H groups in total. The van der Waals surface area contributed by atoms with Crippen LogP contribution >= 0.6 is 0 Å². The van der Waals surface area contributed by atoms with Gasteiger partial charge in [0.1, 0.15) is 5.75 Å². The van der Waals surface area contributed by atoms with Crippen LogP contribution in [0.3, 0.4) is 0 Å². The number of aryl methyl sites for hydroxylation is 1. The van der Waals surface area contributed by atoms with Crippen molar-refractivity contribution in [3.05, 3.63) is 23.8 Å². The lowest BCUT2D eigenvalue weighted by atomic mass is 10.1. The molecule has 1 aliphatic carbocycles. The summed E-state index contributed by atoms with van der Waals surface area (Å²) in [5, 5.41) is 3.54. The molecule has 2 nitrogen and oxygen atoms in total. The Morgan fingerprint density at radius 2 is 2.13 bits per heavy atom. The molecule has 0 aliphatic heterocycles. The van der Waals surface area contributed by atoms with Crippen LogP contribution in [0.2, 0.25) is 0 Å². The molecule has 0 unspecified atom stereocenters. The van der Waals surface area contributed by atoms with E-state index in [0.717, 1.165) is 17.4 Å². The van der Waals surface area contributed by atoms with Gasteiger partial charge in [-0.15, -0.1) is 0 Å². The molecule has 82 valence electrons. The summed E-state index contributed by atoms with van der Waals surface area (Å²) in [6.07, 6.45) is 2.73. The van der Waals surface area contributed by atoms with Crippen molar-refractivity contribution in [1.82, 2.24) is 0 Å². The number of hydrogen-bond acceptors (Lipinski definition) is 2. The summed E-state index contributed by atoms with van der Waals surface area (Å²) in [4.78, 5) is 0. The first kappa shape index (κ1) is 10.3. The molecule has 0 amide bonds. The molecule has 1 atom stereocenters. The van der Waals surface area contributed by atoms with Gasteiger partial charge in [-0.2, -0.15) is 0 Å². The van der Waals surface area contributed by atoms with Crippen LogP contribution in [0.5, 0.6) is 5.75 Å². The zero-order chi connectivity index (χ0) is 10.8. The third-order valence-corrected chi connectivity index (χ3v) is 3.07. The predicted molar refractivity (Wildman–Crippen MR) is 63.5 cm³/mol. The molecule has 0 aromatic heterocycles. The third-order valence-electron chi connectivity index (χ3n) is 3.07. The van der Waals surface area contributed by atoms with Gasteiger partial charge < -0.3 is 10.1 Å². The fourth-order valence-corrected chi connectivity index (χ4v) is 1.89. The van der Waals surface area contributed by atoms with E-state index in [1.54, 1.807) is 7.11 Å². The summed E-state index contributed by atoms with van der Waals surface area (Å²) in [6, 6.07) is 6.81. The second-order valence-electron chi connectivity index (χ2n) is 4.47. The van der Waals surface area contributed by atoms with Crippen molar-refractivity contribution in [3.63, 3.8) is 0 Å². The molecule has 15 heavy (non-hydrogen) atoms. The van der Waals surface area contributed by atoms with Crippen molar-refractivity contribution in [2.24, 2.45) is 5.92 Å². The molecule has 1 fully saturated rings. The zero-order valence-electron chi connectivity index (χ0n) is 9.71. The SMILES string of the molecule is COc1ccc(C)cc1N[C@H](C)C1CC1. The lowest BCUT2D eigenvalue weighted by molar-refractivity contribution is 0.415. The number of methoxy groups -OCH3 is 1. The Bertz CT molecular complexity index is 344. The molecule has 0 saturated heterocycles. The standard InChI is InChI=1S/C13H19NO/c1-9-4-7-13(15-3)12(8-9)14-10(2)11-5-6-11/h4,7-8,10-11,14H,5-6H2,1-3H3/t10-/m1/s1. The van der Waals surface area contributed by atoms with E-state index in [9.17, 15) is 0 Å². The molecular weight excluding hydrogens is 186 g/mol. The highest BCUT2D eigenvalue weighted by molar-refractivity contribution is 5.58. The zero-order valence-corrected chi connectivity index (χ0v) is 9.71. The largest absolute Gasteiger partial charge is 0.495 e. The Kier molecular flexibility index (Phi) is 2.85. The minimum absolute atomic E-state index is 0.556. The molecule has 1 aliphatic rings. The monoisotopic (exact) mass is 205 g/mol. The van der Waals surface area contributed by atoms with Crippen molar-refractivity contribution in [1.29, 1.82) is 0 Å². The first-order valence-electron chi connectivity index (χ1n) is 5.62. The Hall–Kier alpha value is -1.18. The second kappa shape index (κ2) is 4.13. The summed E-state index contributed by atoms with van der Waals surface area (Å²) in [6.45, 7) is 4.35. The minimum atomic E-state index is 0.556. The van der Waals surface area contributed by atoms with E-state index in [-0.39, 0.29) is 0 Å². The topological polar surface area (TPSA) is 21.3 Å². The molecule has 0 bridgehead atoms. The van der Waals surface area contributed by atoms with Crippen LogP contribution in [0.15, 0.2) is 18.2 Å². The fraction of sp³-hybridized carbons (Fsp3) is 0.538. The molecule has 1 aromatic carbocycles. The molecular formula is C13H19NO. The van der Waals surface area contributed by atoms with E-state index in [1.165, 1.54) is 18.4 Å². The highest BCUT2D eigenvalue weighted by Gasteiger charge is 2.28. The van der Waals surface area contributed by atoms with Gasteiger partial charge in [0.15, 0.2) is 0 Å². The maximum Gasteiger partial charge on any atom is 0.141 e. The molecule has 2 rings (SSSR count). The van der Waals surface area contributed by atoms with Crippen LogP contribution in [0.4, 0.5) is 5.69 Å². The Balaban J connectivity index is 2.13. The molecule has 0 heterocycles. The van der Waals surface area contributed by atoms with E-state index in [2.05, 4.69) is 31.3 Å². The quantitative estimate of drug-likeness (QED) is 0.815. The van der Waals surface area contributed by atoms with Gasteiger partial charge in [0.25, 0.3) is 0 Å². The van der Waals surface area contributed by atoms with Gasteiger partial charge in [-0.25, -0.2) is 0 Å². The van der Waals surface area contributed by atoms with Crippen molar-refractivity contribution in [2.45, 2.75) is 32.7 Å². The van der Waals surface area contributed by atoms with Crippen molar-refractivity contribution < 1.29 is 4.74 Å². The number of nitrogens with one attached hydrogen (secondary N) is 1. The number of benzene rings is 1. The van der Waals surface area contributed by atoms with Crippen LogP contribution < -0.4 is 10.1 Å². The van der Waals surface area contributed by atoms with Gasteiger partial charge in [-0.3, -0.25) is 0 Å². The van der Waals surface area contributed by atoms with E-state index < -0.39 is 0 Å². The van der Waals surface area contributed by atoms with Crippen LogP contribution in [0.25, 0.3) is 0 Å². The fourth-order valence-electron chi connectivity index (χ4n) is 1.89. The highest BCUT2D eigenvalue weighted by atomic mass is 16.5. The van der Waals surface area contributed by atoms with Crippen LogP contribution in [-0.4, -0.2) is 13.2 Å². The lowest BCUT2D eigenvalue weighted by Gasteiger charge is -2.17. The minimum Gasteiger partial charge on any atom is -0.495 e. The molecule has 0 spiro atoms. The van der Waals surface area contributed by atoms with Gasteiger partial charge in [0, 0.05) is 6.04 Å². The van der Waals surface area contributed by atoms with E-state index in [4.69, 9.17) is 4.74 Å². The Labute approximate surface area is 91.6 Å². The molecule has 1 aromatic rings. The number of anilines is 1. The summed E-state index contributed by atoms with van der Waals surface area (Å²) in [5.74, 6) is 1.79. The van der Waals surface area contributed by atoms with Gasteiger partial charge in [0.2, 0.25) is 0 Å². The first-order valence-corrected chi connectivity index (χ1v) is 5.62. The average Bonchev–Trinajstić information content (AvgIpc) is 3.01. The average molecular weight is 205 g/mol. The predicted octanol–water partition coefficient (Wildman–Crippen LogP) is 3.21. The van der Waals surface area contributed by atoms with Crippen LogP contribution in [0, 0.1) is 12.8 Å². The van der Waals surface area contributed by atoms with E-state index in [0.29, 0.717) is 6.04 Å². The summed E-state index contributed by atoms with van der Waals surface area (Å²) >= 11 is 0. The molecule has 2 heteroatoms. The number of rotatable bonds is 4. The summed E-state index contributed by atoms with van der Waals surface area (Å²) < 4.78 is 5.34. The Morgan fingerprint density at radius 3 is 2.73 bits per heavy atom. The number of ether oxygens (including phenoxy) is 1. The molecule has 1 saturated carbocycles. The molecule has 0 radical (unpaired) electrons. The lowest BCUT2D eigenvalue weighted by Crippen LogP contribution is -2.17. The van der Waals surface area contributed by atoms with E-state index in [1.807, 2.05) is 6.07 Å².